The maximum atomic E-state index is 12.5. The van der Waals surface area contributed by atoms with Crippen molar-refractivity contribution in [2.24, 2.45) is 5.92 Å². The predicted molar refractivity (Wildman–Crippen MR) is 78.0 cm³/mol. The van der Waals surface area contributed by atoms with Crippen molar-refractivity contribution in [2.75, 3.05) is 19.0 Å². The summed E-state index contributed by atoms with van der Waals surface area (Å²) in [6.07, 6.45) is 1.98. The van der Waals surface area contributed by atoms with Gasteiger partial charge in [-0.1, -0.05) is 25.3 Å². The Morgan fingerprint density at radius 2 is 2.05 bits per heavy atom. The van der Waals surface area contributed by atoms with Gasteiger partial charge in [0.1, 0.15) is 4.88 Å². The van der Waals surface area contributed by atoms with Crippen LogP contribution in [-0.2, 0) is 5.41 Å². The third-order valence-electron chi connectivity index (χ3n) is 3.51. The summed E-state index contributed by atoms with van der Waals surface area (Å²) in [5.41, 5.74) is 0.661. The molecule has 0 bridgehead atoms. The van der Waals surface area contributed by atoms with E-state index >= 15 is 0 Å². The molecule has 0 saturated carbocycles. The number of likely N-dealkylation sites (tertiary alicyclic amines) is 1. The smallest absolute Gasteiger partial charge is 0.267 e. The van der Waals surface area contributed by atoms with Crippen LogP contribution in [0.2, 0.25) is 0 Å². The molecule has 6 heteroatoms. The molecule has 1 amide bonds. The van der Waals surface area contributed by atoms with Crippen LogP contribution in [0.4, 0.5) is 0 Å². The lowest BCUT2D eigenvalue weighted by atomic mass is 9.91. The van der Waals surface area contributed by atoms with E-state index < -0.39 is 0 Å². The van der Waals surface area contributed by atoms with Crippen molar-refractivity contribution in [1.29, 1.82) is 0 Å². The van der Waals surface area contributed by atoms with E-state index in [1.165, 1.54) is 11.5 Å². The lowest BCUT2D eigenvalue weighted by Crippen LogP contribution is -2.39. The second kappa shape index (κ2) is 5.75. The molecule has 0 unspecified atom stereocenters. The largest absolute Gasteiger partial charge is 0.338 e. The topological polar surface area (TPSA) is 46.1 Å². The van der Waals surface area contributed by atoms with Crippen molar-refractivity contribution in [1.82, 2.24) is 14.5 Å². The number of nitrogens with zero attached hydrogens (tertiary/aromatic N) is 3. The van der Waals surface area contributed by atoms with Crippen molar-refractivity contribution in [2.45, 2.75) is 39.0 Å². The fourth-order valence-electron chi connectivity index (χ4n) is 2.26. The van der Waals surface area contributed by atoms with Crippen LogP contribution in [0.1, 0.15) is 49.0 Å². The van der Waals surface area contributed by atoms with Crippen LogP contribution < -0.4 is 0 Å². The van der Waals surface area contributed by atoms with Gasteiger partial charge in [-0.15, -0.1) is 16.7 Å². The van der Waals surface area contributed by atoms with Crippen LogP contribution >= 0.6 is 23.1 Å². The zero-order valence-corrected chi connectivity index (χ0v) is 13.2. The minimum atomic E-state index is -0.146. The number of alkyl halides is 1. The number of carbonyl (C=O) groups excluding carboxylic acids is 1. The lowest BCUT2D eigenvalue weighted by Gasteiger charge is -2.31. The summed E-state index contributed by atoms with van der Waals surface area (Å²) in [6.45, 7) is 7.75. The van der Waals surface area contributed by atoms with Gasteiger partial charge in [0.15, 0.2) is 0 Å². The summed E-state index contributed by atoms with van der Waals surface area (Å²) in [6, 6.07) is 0. The fraction of sp³-hybridized carbons (Fsp3) is 0.769. The van der Waals surface area contributed by atoms with Gasteiger partial charge in [-0.3, -0.25) is 4.79 Å². The van der Waals surface area contributed by atoms with Crippen molar-refractivity contribution >= 4 is 29.0 Å². The number of hydrogen-bond acceptors (Lipinski definition) is 4. The Balaban J connectivity index is 2.11. The number of amides is 1. The third kappa shape index (κ3) is 3.26. The normalized spacial score (nSPS) is 17.8. The molecule has 0 N–H and O–H groups in total. The van der Waals surface area contributed by atoms with Gasteiger partial charge in [-0.2, -0.15) is 0 Å². The quantitative estimate of drug-likeness (QED) is 0.789. The Bertz CT molecular complexity index is 447. The molecule has 2 rings (SSSR count). The molecule has 0 spiro atoms. The first-order chi connectivity index (χ1) is 8.93. The molecule has 1 aromatic heterocycles. The lowest BCUT2D eigenvalue weighted by molar-refractivity contribution is 0.0700. The summed E-state index contributed by atoms with van der Waals surface area (Å²) in [7, 11) is 0. The molecule has 19 heavy (non-hydrogen) atoms. The maximum absolute atomic E-state index is 12.5. The van der Waals surface area contributed by atoms with E-state index in [-0.39, 0.29) is 11.3 Å². The molecule has 1 saturated heterocycles. The molecule has 0 atom stereocenters. The molecule has 1 aliphatic heterocycles. The predicted octanol–water partition coefficient (Wildman–Crippen LogP) is 2.93. The average molecular weight is 302 g/mol. The standard InChI is InChI=1S/C13H20ClN3OS/c1-13(2,3)11-10(19-16-15-11)12(18)17-6-4-9(8-14)5-7-17/h9H,4-8H2,1-3H3. The van der Waals surface area contributed by atoms with E-state index in [1.54, 1.807) is 0 Å². The van der Waals surface area contributed by atoms with Crippen LogP contribution in [-0.4, -0.2) is 39.4 Å². The summed E-state index contributed by atoms with van der Waals surface area (Å²) in [4.78, 5) is 15.1. The first-order valence-corrected chi connectivity index (χ1v) is 7.92. The van der Waals surface area contributed by atoms with Crippen LogP contribution in [0.5, 0.6) is 0 Å². The Hall–Kier alpha value is -0.680. The van der Waals surface area contributed by atoms with E-state index in [0.29, 0.717) is 16.7 Å². The molecule has 1 fully saturated rings. The van der Waals surface area contributed by atoms with E-state index in [4.69, 9.17) is 11.6 Å². The summed E-state index contributed by atoms with van der Waals surface area (Å²) in [5, 5.41) is 4.13. The van der Waals surface area contributed by atoms with Crippen molar-refractivity contribution in [3.05, 3.63) is 10.6 Å². The molecule has 0 aliphatic carbocycles. The number of aromatic nitrogens is 2. The van der Waals surface area contributed by atoms with Crippen molar-refractivity contribution in [3.8, 4) is 0 Å². The van der Waals surface area contributed by atoms with Crippen LogP contribution in [0.25, 0.3) is 0 Å². The second-order valence-corrected chi connectivity index (χ2v) is 7.15. The molecule has 4 nitrogen and oxygen atoms in total. The zero-order valence-electron chi connectivity index (χ0n) is 11.6. The summed E-state index contributed by atoms with van der Waals surface area (Å²) < 4.78 is 3.96. The monoisotopic (exact) mass is 301 g/mol. The first-order valence-electron chi connectivity index (χ1n) is 6.61. The number of rotatable bonds is 2. The SMILES string of the molecule is CC(C)(C)c1nnsc1C(=O)N1CCC(CCl)CC1. The van der Waals surface area contributed by atoms with E-state index in [1.807, 2.05) is 4.90 Å². The Labute approximate surface area is 123 Å². The van der Waals surface area contributed by atoms with Crippen LogP contribution in [0.3, 0.4) is 0 Å². The van der Waals surface area contributed by atoms with Gasteiger partial charge in [0.05, 0.1) is 5.69 Å². The highest BCUT2D eigenvalue weighted by Crippen LogP contribution is 2.28. The minimum absolute atomic E-state index is 0.0768. The maximum Gasteiger partial charge on any atom is 0.267 e. The summed E-state index contributed by atoms with van der Waals surface area (Å²) in [5.74, 6) is 1.32. The molecule has 1 aliphatic rings. The average Bonchev–Trinajstić information content (AvgIpc) is 2.87. The molecule has 2 heterocycles. The van der Waals surface area contributed by atoms with Crippen molar-refractivity contribution in [3.63, 3.8) is 0 Å². The van der Waals surface area contributed by atoms with E-state index in [0.717, 1.165) is 31.6 Å². The van der Waals surface area contributed by atoms with Gasteiger partial charge >= 0.3 is 0 Å². The fourth-order valence-corrected chi connectivity index (χ4v) is 3.41. The highest BCUT2D eigenvalue weighted by Gasteiger charge is 2.30. The first kappa shape index (κ1) is 14.7. The van der Waals surface area contributed by atoms with E-state index in [9.17, 15) is 4.79 Å². The van der Waals surface area contributed by atoms with Gasteiger partial charge in [0, 0.05) is 24.4 Å². The van der Waals surface area contributed by atoms with Gasteiger partial charge in [0.25, 0.3) is 5.91 Å². The summed E-state index contributed by atoms with van der Waals surface area (Å²) >= 11 is 7.08. The number of halogens is 1. The molecule has 1 aromatic rings. The highest BCUT2D eigenvalue weighted by molar-refractivity contribution is 7.08. The highest BCUT2D eigenvalue weighted by atomic mass is 35.5. The minimum Gasteiger partial charge on any atom is -0.338 e. The number of piperidine rings is 1. The Morgan fingerprint density at radius 3 is 2.58 bits per heavy atom. The van der Waals surface area contributed by atoms with Gasteiger partial charge in [-0.05, 0) is 30.3 Å². The molecular weight excluding hydrogens is 282 g/mol. The molecular formula is C13H20ClN3OS. The zero-order chi connectivity index (χ0) is 14.0. The molecule has 0 radical (unpaired) electrons. The molecule has 106 valence electrons. The number of hydrogen-bond donors (Lipinski definition) is 0. The van der Waals surface area contributed by atoms with Crippen molar-refractivity contribution < 1.29 is 4.79 Å². The molecule has 0 aromatic carbocycles. The van der Waals surface area contributed by atoms with E-state index in [2.05, 4.69) is 30.4 Å². The number of carbonyl (C=O) groups is 1. The Morgan fingerprint density at radius 1 is 1.42 bits per heavy atom. The third-order valence-corrected chi connectivity index (χ3v) is 4.66. The Kier molecular flexibility index (Phi) is 4.46. The second-order valence-electron chi connectivity index (χ2n) is 6.09. The van der Waals surface area contributed by atoms with Crippen LogP contribution in [0, 0.1) is 5.92 Å². The van der Waals surface area contributed by atoms with Crippen LogP contribution in [0.15, 0.2) is 0 Å². The van der Waals surface area contributed by atoms with Gasteiger partial charge < -0.3 is 4.90 Å². The van der Waals surface area contributed by atoms with Gasteiger partial charge in [0.2, 0.25) is 0 Å². The van der Waals surface area contributed by atoms with Gasteiger partial charge in [-0.25, -0.2) is 0 Å².